The Balaban J connectivity index is 2.20. The molecule has 8 nitrogen and oxygen atoms in total. The zero-order valence-corrected chi connectivity index (χ0v) is 10.2. The van der Waals surface area contributed by atoms with Crippen LogP contribution in [0.5, 0.6) is 0 Å². The van der Waals surface area contributed by atoms with Crippen molar-refractivity contribution in [1.29, 1.82) is 0 Å². The maximum atomic E-state index is 14.5. The van der Waals surface area contributed by atoms with E-state index >= 15 is 0 Å². The van der Waals surface area contributed by atoms with E-state index in [1.54, 1.807) is 0 Å². The van der Waals surface area contributed by atoms with E-state index in [9.17, 15) is 19.3 Å². The van der Waals surface area contributed by atoms with Crippen LogP contribution in [0.1, 0.15) is 19.4 Å². The number of rotatable bonds is 2. The number of carboxylic acid groups (broad SMARTS) is 1. The first-order chi connectivity index (χ1) is 8.81. The summed E-state index contributed by atoms with van der Waals surface area (Å²) < 4.78 is 15.7. The summed E-state index contributed by atoms with van der Waals surface area (Å²) in [5.41, 5.74) is -2.03. The first-order valence-corrected chi connectivity index (χ1v) is 5.66. The van der Waals surface area contributed by atoms with Crippen molar-refractivity contribution in [2.24, 2.45) is 0 Å². The van der Waals surface area contributed by atoms with Crippen molar-refractivity contribution < 1.29 is 19.2 Å². The van der Waals surface area contributed by atoms with E-state index in [0.29, 0.717) is 0 Å². The largest absolute Gasteiger partial charge is 0.465 e. The van der Waals surface area contributed by atoms with Crippen LogP contribution in [0, 0.1) is 10.1 Å². The fourth-order valence-corrected chi connectivity index (χ4v) is 2.30. The van der Waals surface area contributed by atoms with E-state index in [0.717, 1.165) is 11.1 Å². The van der Waals surface area contributed by atoms with Crippen LogP contribution in [0.15, 0.2) is 12.4 Å². The summed E-state index contributed by atoms with van der Waals surface area (Å²) in [5, 5.41) is 23.2. The highest BCUT2D eigenvalue weighted by molar-refractivity contribution is 5.65. The fraction of sp³-hybridized carbons (Fsp3) is 0.600. The lowest BCUT2D eigenvalue weighted by atomic mass is 9.91. The molecule has 2 unspecified atom stereocenters. The van der Waals surface area contributed by atoms with E-state index in [1.807, 2.05) is 0 Å². The third-order valence-corrected chi connectivity index (χ3v) is 3.26. The van der Waals surface area contributed by atoms with E-state index in [-0.39, 0.29) is 25.2 Å². The molecule has 104 valence electrons. The lowest BCUT2D eigenvalue weighted by Gasteiger charge is -2.39. The van der Waals surface area contributed by atoms with Crippen molar-refractivity contribution in [3.63, 3.8) is 0 Å². The van der Waals surface area contributed by atoms with Crippen LogP contribution in [0.4, 0.5) is 14.9 Å². The van der Waals surface area contributed by atoms with E-state index in [2.05, 4.69) is 5.10 Å². The number of hydrogen-bond donors (Lipinski definition) is 1. The van der Waals surface area contributed by atoms with E-state index in [4.69, 9.17) is 5.11 Å². The van der Waals surface area contributed by atoms with Gasteiger partial charge in [0.15, 0.2) is 0 Å². The Morgan fingerprint density at radius 3 is 2.89 bits per heavy atom. The number of nitrogens with zero attached hydrogens (tertiary/aromatic N) is 4. The van der Waals surface area contributed by atoms with Gasteiger partial charge in [-0.2, -0.15) is 5.10 Å². The summed E-state index contributed by atoms with van der Waals surface area (Å²) >= 11 is 0. The highest BCUT2D eigenvalue weighted by atomic mass is 19.1. The van der Waals surface area contributed by atoms with Gasteiger partial charge in [0.1, 0.15) is 18.1 Å². The molecule has 1 saturated heterocycles. The van der Waals surface area contributed by atoms with Crippen LogP contribution >= 0.6 is 0 Å². The third-order valence-electron chi connectivity index (χ3n) is 3.26. The Bertz CT molecular complexity index is 515. The molecule has 1 fully saturated rings. The first-order valence-electron chi connectivity index (χ1n) is 5.66. The number of halogens is 1. The summed E-state index contributed by atoms with van der Waals surface area (Å²) in [6, 6.07) is -0.711. The molecule has 19 heavy (non-hydrogen) atoms. The van der Waals surface area contributed by atoms with Gasteiger partial charge in [0.2, 0.25) is 0 Å². The standard InChI is InChI=1S/C10H13FN4O4/c1-10(11)6-13(9(16)17)3-2-8(10)14-5-7(4-12-14)15(18)19/h4-5,8H,2-3,6H2,1H3,(H,16,17). The SMILES string of the molecule is CC1(F)CN(C(=O)O)CCC1n1cc([N+](=O)[O-])cn1. The van der Waals surface area contributed by atoms with Crippen molar-refractivity contribution >= 4 is 11.8 Å². The molecule has 0 spiro atoms. The van der Waals surface area contributed by atoms with Gasteiger partial charge in [-0.05, 0) is 13.3 Å². The van der Waals surface area contributed by atoms with E-state index in [1.165, 1.54) is 17.8 Å². The Kier molecular flexibility index (Phi) is 3.13. The van der Waals surface area contributed by atoms with Crippen molar-refractivity contribution in [3.8, 4) is 0 Å². The highest BCUT2D eigenvalue weighted by Gasteiger charge is 2.43. The minimum atomic E-state index is -1.82. The fourth-order valence-electron chi connectivity index (χ4n) is 2.30. The molecule has 1 N–H and O–H groups in total. The Labute approximate surface area is 107 Å². The summed E-state index contributed by atoms with van der Waals surface area (Å²) in [5.74, 6) is 0. The molecular formula is C10H13FN4O4. The number of aromatic nitrogens is 2. The van der Waals surface area contributed by atoms with Crippen molar-refractivity contribution in [2.75, 3.05) is 13.1 Å². The Hall–Kier alpha value is -2.19. The topological polar surface area (TPSA) is 102 Å². The summed E-state index contributed by atoms with van der Waals surface area (Å²) in [4.78, 5) is 21.8. The Morgan fingerprint density at radius 2 is 2.42 bits per heavy atom. The van der Waals surface area contributed by atoms with Crippen LogP contribution in [0.2, 0.25) is 0 Å². The van der Waals surface area contributed by atoms with E-state index < -0.39 is 22.7 Å². The number of alkyl halides is 1. The molecule has 2 atom stereocenters. The molecule has 9 heteroatoms. The smallest absolute Gasteiger partial charge is 0.407 e. The average Bonchev–Trinajstić information content (AvgIpc) is 2.76. The molecule has 0 aromatic carbocycles. The maximum absolute atomic E-state index is 14.5. The molecule has 1 amide bonds. The normalized spacial score (nSPS) is 27.3. The molecule has 2 rings (SSSR count). The predicted molar refractivity (Wildman–Crippen MR) is 61.6 cm³/mol. The van der Waals surface area contributed by atoms with Gasteiger partial charge in [0, 0.05) is 6.54 Å². The minimum absolute atomic E-state index is 0.174. The average molecular weight is 272 g/mol. The summed E-state index contributed by atoms with van der Waals surface area (Å²) in [6.07, 6.45) is 1.27. The maximum Gasteiger partial charge on any atom is 0.407 e. The molecule has 0 saturated carbocycles. The molecule has 2 heterocycles. The zero-order valence-electron chi connectivity index (χ0n) is 10.2. The molecular weight excluding hydrogens is 259 g/mol. The second-order valence-electron chi connectivity index (χ2n) is 4.72. The highest BCUT2D eigenvalue weighted by Crippen LogP contribution is 2.35. The molecule has 0 bridgehead atoms. The molecule has 0 radical (unpaired) electrons. The molecule has 0 aliphatic carbocycles. The van der Waals surface area contributed by atoms with Crippen LogP contribution in [0.3, 0.4) is 0 Å². The van der Waals surface area contributed by atoms with Crippen LogP contribution in [-0.2, 0) is 0 Å². The van der Waals surface area contributed by atoms with Crippen molar-refractivity contribution in [3.05, 3.63) is 22.5 Å². The van der Waals surface area contributed by atoms with Gasteiger partial charge in [-0.1, -0.05) is 0 Å². The minimum Gasteiger partial charge on any atom is -0.465 e. The van der Waals surface area contributed by atoms with Gasteiger partial charge in [0.25, 0.3) is 0 Å². The number of carbonyl (C=O) groups is 1. The van der Waals surface area contributed by atoms with Gasteiger partial charge in [-0.25, -0.2) is 9.18 Å². The van der Waals surface area contributed by atoms with Crippen LogP contribution in [-0.4, -0.2) is 49.6 Å². The number of amides is 1. The first kappa shape index (κ1) is 13.2. The second-order valence-corrected chi connectivity index (χ2v) is 4.72. The van der Waals surface area contributed by atoms with Crippen molar-refractivity contribution in [1.82, 2.24) is 14.7 Å². The lowest BCUT2D eigenvalue weighted by molar-refractivity contribution is -0.385. The Morgan fingerprint density at radius 1 is 1.74 bits per heavy atom. The lowest BCUT2D eigenvalue weighted by Crippen LogP contribution is -2.51. The number of hydrogen-bond acceptors (Lipinski definition) is 4. The third kappa shape index (κ3) is 2.49. The quantitative estimate of drug-likeness (QED) is 0.648. The molecule has 1 aromatic heterocycles. The number of likely N-dealkylation sites (tertiary alicyclic amines) is 1. The number of nitro groups is 1. The summed E-state index contributed by atoms with van der Waals surface area (Å²) in [6.45, 7) is 1.17. The van der Waals surface area contributed by atoms with Crippen molar-refractivity contribution in [2.45, 2.75) is 25.1 Å². The summed E-state index contributed by atoms with van der Waals surface area (Å²) in [7, 11) is 0. The van der Waals surface area contributed by atoms with Crippen LogP contribution in [0.25, 0.3) is 0 Å². The molecule has 1 aromatic rings. The predicted octanol–water partition coefficient (Wildman–Crippen LogP) is 1.44. The monoisotopic (exact) mass is 272 g/mol. The van der Waals surface area contributed by atoms with Gasteiger partial charge in [-0.3, -0.25) is 14.8 Å². The molecule has 1 aliphatic rings. The second kappa shape index (κ2) is 4.48. The van der Waals surface area contributed by atoms with Gasteiger partial charge < -0.3 is 10.0 Å². The molecule has 1 aliphatic heterocycles. The van der Waals surface area contributed by atoms with Gasteiger partial charge in [-0.15, -0.1) is 0 Å². The number of piperidine rings is 1. The van der Waals surface area contributed by atoms with Gasteiger partial charge >= 0.3 is 11.8 Å². The zero-order chi connectivity index (χ0) is 14.2. The van der Waals surface area contributed by atoms with Gasteiger partial charge in [0.05, 0.1) is 17.5 Å². The van der Waals surface area contributed by atoms with Crippen LogP contribution < -0.4 is 0 Å².